The van der Waals surface area contributed by atoms with Gasteiger partial charge in [-0.15, -0.1) is 0 Å². The van der Waals surface area contributed by atoms with Gasteiger partial charge >= 0.3 is 0 Å². The summed E-state index contributed by atoms with van der Waals surface area (Å²) in [7, 11) is 0. The molecule has 0 radical (unpaired) electrons. The second kappa shape index (κ2) is 5.27. The molecule has 0 bridgehead atoms. The summed E-state index contributed by atoms with van der Waals surface area (Å²) in [5.41, 5.74) is 1.66. The average molecular weight is 233 g/mol. The molecule has 2 rings (SSSR count). The van der Waals surface area contributed by atoms with Gasteiger partial charge in [0.2, 0.25) is 0 Å². The smallest absolute Gasteiger partial charge is 0.178 e. The highest BCUT2D eigenvalue weighted by Gasteiger charge is 2.16. The number of carbonyl (C=O) groups excluding carboxylic acids is 1. The minimum absolute atomic E-state index is 0.0207. The van der Waals surface area contributed by atoms with E-state index in [4.69, 9.17) is 0 Å². The Morgan fingerprint density at radius 2 is 2.00 bits per heavy atom. The Kier molecular flexibility index (Phi) is 3.74. The standard InChI is InChI=1S/C13H19N3O/c1-3-15-6-8-16(9-7-15)12-4-5-13(11(2)17)14-10-12/h4-5,10H,3,6-9H2,1-2H3. The molecule has 0 amide bonds. The predicted octanol–water partition coefficient (Wildman–Crippen LogP) is 1.43. The third kappa shape index (κ3) is 2.82. The summed E-state index contributed by atoms with van der Waals surface area (Å²) in [5, 5.41) is 0. The third-order valence-corrected chi connectivity index (χ3v) is 3.29. The van der Waals surface area contributed by atoms with Crippen molar-refractivity contribution in [3.05, 3.63) is 24.0 Å². The number of hydrogen-bond acceptors (Lipinski definition) is 4. The molecule has 1 aliphatic rings. The van der Waals surface area contributed by atoms with Crippen LogP contribution in [-0.2, 0) is 0 Å². The third-order valence-electron chi connectivity index (χ3n) is 3.29. The highest BCUT2D eigenvalue weighted by molar-refractivity contribution is 5.92. The Labute approximate surface area is 102 Å². The Balaban J connectivity index is 2.01. The molecule has 1 aromatic heterocycles. The lowest BCUT2D eigenvalue weighted by molar-refractivity contribution is 0.101. The highest BCUT2D eigenvalue weighted by atomic mass is 16.1. The van der Waals surface area contributed by atoms with Crippen molar-refractivity contribution < 1.29 is 4.79 Å². The van der Waals surface area contributed by atoms with E-state index in [-0.39, 0.29) is 5.78 Å². The second-order valence-electron chi connectivity index (χ2n) is 4.38. The molecule has 4 nitrogen and oxygen atoms in total. The van der Waals surface area contributed by atoms with Crippen LogP contribution in [0.1, 0.15) is 24.3 Å². The molecular formula is C13H19N3O. The van der Waals surface area contributed by atoms with Crippen LogP contribution in [-0.4, -0.2) is 48.4 Å². The summed E-state index contributed by atoms with van der Waals surface area (Å²) in [6.07, 6.45) is 1.80. The predicted molar refractivity (Wildman–Crippen MR) is 68.6 cm³/mol. The van der Waals surface area contributed by atoms with E-state index in [1.54, 1.807) is 13.1 Å². The minimum Gasteiger partial charge on any atom is -0.368 e. The van der Waals surface area contributed by atoms with Crippen LogP contribution in [0.4, 0.5) is 5.69 Å². The molecule has 0 unspecified atom stereocenters. The van der Waals surface area contributed by atoms with Crippen molar-refractivity contribution in [2.45, 2.75) is 13.8 Å². The van der Waals surface area contributed by atoms with E-state index in [2.05, 4.69) is 21.7 Å². The zero-order chi connectivity index (χ0) is 12.3. The first-order valence-electron chi connectivity index (χ1n) is 6.15. The van der Waals surface area contributed by atoms with Gasteiger partial charge in [-0.2, -0.15) is 0 Å². The molecule has 1 saturated heterocycles. The van der Waals surface area contributed by atoms with Crippen molar-refractivity contribution in [1.82, 2.24) is 9.88 Å². The zero-order valence-corrected chi connectivity index (χ0v) is 10.5. The normalized spacial score (nSPS) is 17.2. The number of rotatable bonds is 3. The maximum atomic E-state index is 11.1. The number of ketones is 1. The maximum absolute atomic E-state index is 11.1. The van der Waals surface area contributed by atoms with E-state index in [0.29, 0.717) is 5.69 Å². The largest absolute Gasteiger partial charge is 0.368 e. The lowest BCUT2D eigenvalue weighted by Crippen LogP contribution is -2.46. The van der Waals surface area contributed by atoms with Gasteiger partial charge < -0.3 is 9.80 Å². The summed E-state index contributed by atoms with van der Waals surface area (Å²) in [6.45, 7) is 9.13. The minimum atomic E-state index is 0.0207. The van der Waals surface area contributed by atoms with Crippen LogP contribution in [0.2, 0.25) is 0 Å². The number of hydrogen-bond donors (Lipinski definition) is 0. The molecule has 92 valence electrons. The van der Waals surface area contributed by atoms with Crippen LogP contribution in [0, 0.1) is 0 Å². The van der Waals surface area contributed by atoms with Gasteiger partial charge in [-0.3, -0.25) is 9.78 Å². The van der Waals surface area contributed by atoms with E-state index >= 15 is 0 Å². The Hall–Kier alpha value is -1.42. The van der Waals surface area contributed by atoms with Crippen LogP contribution in [0.15, 0.2) is 18.3 Å². The monoisotopic (exact) mass is 233 g/mol. The fourth-order valence-corrected chi connectivity index (χ4v) is 2.10. The summed E-state index contributed by atoms with van der Waals surface area (Å²) < 4.78 is 0. The van der Waals surface area contributed by atoms with E-state index in [1.165, 1.54) is 0 Å². The van der Waals surface area contributed by atoms with E-state index in [1.807, 2.05) is 12.1 Å². The average Bonchev–Trinajstić information content (AvgIpc) is 2.39. The topological polar surface area (TPSA) is 36.4 Å². The molecule has 2 heterocycles. The first-order valence-corrected chi connectivity index (χ1v) is 6.15. The van der Waals surface area contributed by atoms with E-state index in [0.717, 1.165) is 38.4 Å². The number of likely N-dealkylation sites (N-methyl/N-ethyl adjacent to an activating group) is 1. The maximum Gasteiger partial charge on any atom is 0.178 e. The first-order chi connectivity index (χ1) is 8.20. The van der Waals surface area contributed by atoms with Crippen molar-refractivity contribution in [1.29, 1.82) is 0 Å². The Bertz CT molecular complexity index is 380. The quantitative estimate of drug-likeness (QED) is 0.740. The molecule has 0 spiro atoms. The first kappa shape index (κ1) is 12.0. The number of piperazine rings is 1. The van der Waals surface area contributed by atoms with Crippen LogP contribution in [0.3, 0.4) is 0 Å². The number of anilines is 1. The van der Waals surface area contributed by atoms with Gasteiger partial charge in [-0.25, -0.2) is 0 Å². The van der Waals surface area contributed by atoms with Crippen LogP contribution in [0.25, 0.3) is 0 Å². The van der Waals surface area contributed by atoms with Crippen LogP contribution in [0.5, 0.6) is 0 Å². The van der Waals surface area contributed by atoms with Gasteiger partial charge in [-0.1, -0.05) is 6.92 Å². The molecule has 17 heavy (non-hydrogen) atoms. The van der Waals surface area contributed by atoms with E-state index < -0.39 is 0 Å². The summed E-state index contributed by atoms with van der Waals surface area (Å²) in [6, 6.07) is 3.80. The van der Waals surface area contributed by atoms with Gasteiger partial charge in [0, 0.05) is 33.1 Å². The van der Waals surface area contributed by atoms with Gasteiger partial charge in [0.1, 0.15) is 5.69 Å². The summed E-state index contributed by atoms with van der Waals surface area (Å²) in [5.74, 6) is 0.0207. The summed E-state index contributed by atoms with van der Waals surface area (Å²) in [4.78, 5) is 20.1. The zero-order valence-electron chi connectivity index (χ0n) is 10.5. The lowest BCUT2D eigenvalue weighted by Gasteiger charge is -2.35. The molecule has 1 aromatic rings. The number of pyridine rings is 1. The van der Waals surface area contributed by atoms with Gasteiger partial charge in [0.15, 0.2) is 5.78 Å². The molecule has 0 N–H and O–H groups in total. The van der Waals surface area contributed by atoms with E-state index in [9.17, 15) is 4.79 Å². The lowest BCUT2D eigenvalue weighted by atomic mass is 10.2. The fraction of sp³-hybridized carbons (Fsp3) is 0.538. The molecule has 1 fully saturated rings. The number of aromatic nitrogens is 1. The number of nitrogens with zero attached hydrogens (tertiary/aromatic N) is 3. The highest BCUT2D eigenvalue weighted by Crippen LogP contribution is 2.15. The molecule has 0 aliphatic carbocycles. The van der Waals surface area contributed by atoms with Crippen molar-refractivity contribution in [2.24, 2.45) is 0 Å². The van der Waals surface area contributed by atoms with Gasteiger partial charge in [0.25, 0.3) is 0 Å². The molecule has 1 aliphatic heterocycles. The molecule has 4 heteroatoms. The van der Waals surface area contributed by atoms with Crippen molar-refractivity contribution in [3.8, 4) is 0 Å². The number of carbonyl (C=O) groups is 1. The van der Waals surface area contributed by atoms with Gasteiger partial charge in [0.05, 0.1) is 11.9 Å². The Morgan fingerprint density at radius 3 is 2.47 bits per heavy atom. The molecular weight excluding hydrogens is 214 g/mol. The van der Waals surface area contributed by atoms with Crippen LogP contribution >= 0.6 is 0 Å². The fourth-order valence-electron chi connectivity index (χ4n) is 2.10. The van der Waals surface area contributed by atoms with Crippen molar-refractivity contribution in [3.63, 3.8) is 0 Å². The second-order valence-corrected chi connectivity index (χ2v) is 4.38. The molecule has 0 aromatic carbocycles. The van der Waals surface area contributed by atoms with Gasteiger partial charge in [-0.05, 0) is 18.7 Å². The van der Waals surface area contributed by atoms with Crippen molar-refractivity contribution >= 4 is 11.5 Å². The van der Waals surface area contributed by atoms with Crippen molar-refractivity contribution in [2.75, 3.05) is 37.6 Å². The van der Waals surface area contributed by atoms with Crippen LogP contribution < -0.4 is 4.90 Å². The molecule has 0 atom stereocenters. The Morgan fingerprint density at radius 1 is 1.29 bits per heavy atom. The molecule has 0 saturated carbocycles. The summed E-state index contributed by atoms with van der Waals surface area (Å²) >= 11 is 0. The number of Topliss-reactive ketones (excluding diaryl/α,β-unsaturated/α-hetero) is 1. The SMILES string of the molecule is CCN1CCN(c2ccc(C(C)=O)nc2)CC1.